The minimum absolute atomic E-state index is 0.663. The summed E-state index contributed by atoms with van der Waals surface area (Å²) < 4.78 is 5.64. The molecule has 1 N–H and O–H groups in total. The molecule has 0 unspecified atom stereocenters. The number of rotatable bonds is 4. The highest BCUT2D eigenvalue weighted by Crippen LogP contribution is 1.99. The minimum atomic E-state index is 0.663. The lowest BCUT2D eigenvalue weighted by molar-refractivity contribution is 0.250. The standard InChI is InChI=1S/C6H10BrNO/c1-2-3-9-5-6(7)4-8/h4-5,8H,2-3H2,1H3/b6-5-,8-4?. The number of allylic oxidation sites excluding steroid dienone is 1. The molecule has 52 valence electrons. The zero-order valence-corrected chi connectivity index (χ0v) is 6.94. The summed E-state index contributed by atoms with van der Waals surface area (Å²) in [5, 5.41) is 6.72. The lowest BCUT2D eigenvalue weighted by Crippen LogP contribution is -1.83. The SMILES string of the molecule is CCCO/C=C(\Br)C=N. The summed E-state index contributed by atoms with van der Waals surface area (Å²) in [5.74, 6) is 0. The second-order valence-corrected chi connectivity index (χ2v) is 2.43. The van der Waals surface area contributed by atoms with E-state index >= 15 is 0 Å². The molecule has 0 saturated carbocycles. The van der Waals surface area contributed by atoms with E-state index < -0.39 is 0 Å². The quantitative estimate of drug-likeness (QED) is 0.413. The molecule has 0 rings (SSSR count). The second-order valence-electron chi connectivity index (χ2n) is 1.52. The van der Waals surface area contributed by atoms with E-state index in [0.29, 0.717) is 11.1 Å². The van der Waals surface area contributed by atoms with Crippen molar-refractivity contribution in [2.75, 3.05) is 6.61 Å². The lowest BCUT2D eigenvalue weighted by atomic mass is 10.5. The molecule has 0 aliphatic heterocycles. The molecule has 0 saturated heterocycles. The molecule has 0 radical (unpaired) electrons. The molecule has 0 aliphatic rings. The van der Waals surface area contributed by atoms with E-state index in [4.69, 9.17) is 10.1 Å². The largest absolute Gasteiger partial charge is 0.500 e. The molecule has 0 amide bonds. The molecular weight excluding hydrogens is 182 g/mol. The maximum atomic E-state index is 6.72. The summed E-state index contributed by atoms with van der Waals surface area (Å²) in [4.78, 5) is 0. The summed E-state index contributed by atoms with van der Waals surface area (Å²) in [6, 6.07) is 0. The van der Waals surface area contributed by atoms with Gasteiger partial charge in [0.05, 0.1) is 17.4 Å². The van der Waals surface area contributed by atoms with Gasteiger partial charge in [-0.05, 0) is 22.4 Å². The van der Waals surface area contributed by atoms with Gasteiger partial charge in [0, 0.05) is 6.21 Å². The van der Waals surface area contributed by atoms with Crippen molar-refractivity contribution in [3.05, 3.63) is 10.7 Å². The Labute approximate surface area is 63.5 Å². The van der Waals surface area contributed by atoms with E-state index in [9.17, 15) is 0 Å². The Morgan fingerprint density at radius 3 is 2.89 bits per heavy atom. The Bertz CT molecular complexity index is 112. The Morgan fingerprint density at radius 1 is 1.78 bits per heavy atom. The first-order valence-corrected chi connectivity index (χ1v) is 3.58. The van der Waals surface area contributed by atoms with Crippen LogP contribution >= 0.6 is 15.9 Å². The van der Waals surface area contributed by atoms with Crippen molar-refractivity contribution in [3.8, 4) is 0 Å². The van der Waals surface area contributed by atoms with Crippen molar-refractivity contribution in [1.29, 1.82) is 5.41 Å². The molecule has 0 fully saturated rings. The monoisotopic (exact) mass is 191 g/mol. The van der Waals surface area contributed by atoms with Gasteiger partial charge < -0.3 is 10.1 Å². The van der Waals surface area contributed by atoms with Crippen molar-refractivity contribution in [2.45, 2.75) is 13.3 Å². The van der Waals surface area contributed by atoms with Gasteiger partial charge in [-0.3, -0.25) is 0 Å². The van der Waals surface area contributed by atoms with Gasteiger partial charge in [0.1, 0.15) is 0 Å². The van der Waals surface area contributed by atoms with Gasteiger partial charge in [0.2, 0.25) is 0 Å². The minimum Gasteiger partial charge on any atom is -0.500 e. The van der Waals surface area contributed by atoms with E-state index in [-0.39, 0.29) is 0 Å². The zero-order valence-electron chi connectivity index (χ0n) is 5.36. The van der Waals surface area contributed by atoms with Gasteiger partial charge in [-0.2, -0.15) is 0 Å². The first kappa shape index (κ1) is 8.69. The second kappa shape index (κ2) is 5.82. The third-order valence-corrected chi connectivity index (χ3v) is 1.07. The molecule has 3 heteroatoms. The van der Waals surface area contributed by atoms with Crippen LogP contribution in [0.25, 0.3) is 0 Å². The van der Waals surface area contributed by atoms with Crippen LogP contribution < -0.4 is 0 Å². The summed E-state index contributed by atoms with van der Waals surface area (Å²) in [5.41, 5.74) is 0. The van der Waals surface area contributed by atoms with Gasteiger partial charge in [-0.25, -0.2) is 0 Å². The molecule has 0 aromatic carbocycles. The number of ether oxygens (including phenoxy) is 1. The van der Waals surface area contributed by atoms with Crippen LogP contribution in [0.4, 0.5) is 0 Å². The van der Waals surface area contributed by atoms with E-state index in [0.717, 1.165) is 6.42 Å². The normalized spacial score (nSPS) is 11.1. The van der Waals surface area contributed by atoms with E-state index in [2.05, 4.69) is 15.9 Å². The van der Waals surface area contributed by atoms with Crippen LogP contribution in [-0.4, -0.2) is 12.8 Å². The summed E-state index contributed by atoms with van der Waals surface area (Å²) in [6.45, 7) is 2.75. The van der Waals surface area contributed by atoms with Crippen LogP contribution in [-0.2, 0) is 4.74 Å². The van der Waals surface area contributed by atoms with Gasteiger partial charge >= 0.3 is 0 Å². The van der Waals surface area contributed by atoms with Crippen molar-refractivity contribution >= 4 is 22.1 Å². The molecule has 0 aromatic heterocycles. The van der Waals surface area contributed by atoms with Gasteiger partial charge in [0.15, 0.2) is 0 Å². The average Bonchev–Trinajstić information content (AvgIpc) is 1.89. The van der Waals surface area contributed by atoms with Crippen LogP contribution in [0.1, 0.15) is 13.3 Å². The maximum absolute atomic E-state index is 6.72. The molecule has 2 nitrogen and oxygen atoms in total. The molecule has 0 heterocycles. The predicted octanol–water partition coefficient (Wildman–Crippen LogP) is 2.30. The highest BCUT2D eigenvalue weighted by Gasteiger charge is 1.81. The first-order valence-electron chi connectivity index (χ1n) is 2.79. The third-order valence-electron chi connectivity index (χ3n) is 0.656. The van der Waals surface area contributed by atoms with Gasteiger partial charge in [0.25, 0.3) is 0 Å². The molecular formula is C6H10BrNO. The number of nitrogens with one attached hydrogen (secondary N) is 1. The highest BCUT2D eigenvalue weighted by atomic mass is 79.9. The first-order chi connectivity index (χ1) is 4.31. The highest BCUT2D eigenvalue weighted by molar-refractivity contribution is 9.12. The lowest BCUT2D eigenvalue weighted by Gasteiger charge is -1.94. The Kier molecular flexibility index (Phi) is 5.62. The van der Waals surface area contributed by atoms with Crippen LogP contribution in [0.3, 0.4) is 0 Å². The smallest absolute Gasteiger partial charge is 0.0986 e. The predicted molar refractivity (Wildman–Crippen MR) is 42.0 cm³/mol. The number of hydrogen-bond donors (Lipinski definition) is 1. The Morgan fingerprint density at radius 2 is 2.44 bits per heavy atom. The van der Waals surface area contributed by atoms with E-state index in [1.54, 1.807) is 0 Å². The zero-order chi connectivity index (χ0) is 7.11. The van der Waals surface area contributed by atoms with Gasteiger partial charge in [-0.15, -0.1) is 0 Å². The average molecular weight is 192 g/mol. The van der Waals surface area contributed by atoms with Crippen LogP contribution in [0.15, 0.2) is 10.7 Å². The molecule has 0 spiro atoms. The summed E-state index contributed by atoms with van der Waals surface area (Å²) in [6.07, 6.45) is 3.71. The van der Waals surface area contributed by atoms with Crippen molar-refractivity contribution in [3.63, 3.8) is 0 Å². The van der Waals surface area contributed by atoms with Crippen molar-refractivity contribution in [1.82, 2.24) is 0 Å². The fourth-order valence-electron chi connectivity index (χ4n) is 0.290. The molecule has 0 aromatic rings. The summed E-state index contributed by atoms with van der Waals surface area (Å²) in [7, 11) is 0. The molecule has 0 aliphatic carbocycles. The fraction of sp³-hybridized carbons (Fsp3) is 0.500. The van der Waals surface area contributed by atoms with E-state index in [1.807, 2.05) is 6.92 Å². The number of halogens is 1. The van der Waals surface area contributed by atoms with E-state index in [1.165, 1.54) is 12.5 Å². The molecule has 0 bridgehead atoms. The molecule has 9 heavy (non-hydrogen) atoms. The van der Waals surface area contributed by atoms with Crippen molar-refractivity contribution in [2.24, 2.45) is 0 Å². The number of hydrogen-bond acceptors (Lipinski definition) is 2. The third kappa shape index (κ3) is 5.56. The molecule has 0 atom stereocenters. The Balaban J connectivity index is 3.31. The maximum Gasteiger partial charge on any atom is 0.0986 e. The van der Waals surface area contributed by atoms with Crippen LogP contribution in [0, 0.1) is 5.41 Å². The topological polar surface area (TPSA) is 33.1 Å². The fourth-order valence-corrected chi connectivity index (χ4v) is 0.423. The van der Waals surface area contributed by atoms with Crippen LogP contribution in [0.2, 0.25) is 0 Å². The Hall–Kier alpha value is -0.310. The summed E-state index contributed by atoms with van der Waals surface area (Å²) >= 11 is 3.10. The van der Waals surface area contributed by atoms with Gasteiger partial charge in [-0.1, -0.05) is 6.92 Å². The van der Waals surface area contributed by atoms with Crippen LogP contribution in [0.5, 0.6) is 0 Å². The van der Waals surface area contributed by atoms with Crippen molar-refractivity contribution < 1.29 is 4.74 Å².